The van der Waals surface area contributed by atoms with Gasteiger partial charge in [-0.1, -0.05) is 13.0 Å². The zero-order chi connectivity index (χ0) is 14.1. The highest BCUT2D eigenvalue weighted by atomic mass is 16.5. The highest BCUT2D eigenvalue weighted by Gasteiger charge is 2.31. The van der Waals surface area contributed by atoms with Crippen LogP contribution in [-0.2, 0) is 17.6 Å². The monoisotopic (exact) mass is 273 g/mol. The van der Waals surface area contributed by atoms with Crippen molar-refractivity contribution in [3.8, 4) is 5.75 Å². The van der Waals surface area contributed by atoms with Gasteiger partial charge in [0.25, 0.3) is 0 Å². The van der Waals surface area contributed by atoms with Crippen LogP contribution in [0, 0.1) is 0 Å². The largest absolute Gasteiger partial charge is 0.490 e. The molecule has 3 heteroatoms. The van der Waals surface area contributed by atoms with Crippen molar-refractivity contribution in [2.75, 3.05) is 6.54 Å². The number of carbonyl (C=O) groups is 1. The van der Waals surface area contributed by atoms with Gasteiger partial charge in [-0.3, -0.25) is 4.79 Å². The van der Waals surface area contributed by atoms with E-state index in [0.29, 0.717) is 18.4 Å². The van der Waals surface area contributed by atoms with Crippen LogP contribution in [-0.4, -0.2) is 18.6 Å². The first-order valence-electron chi connectivity index (χ1n) is 7.77. The molecular weight excluding hydrogens is 250 g/mol. The second-order valence-corrected chi connectivity index (χ2v) is 5.98. The van der Waals surface area contributed by atoms with Gasteiger partial charge < -0.3 is 10.1 Å². The fourth-order valence-electron chi connectivity index (χ4n) is 3.56. The molecule has 1 aromatic rings. The molecule has 108 valence electrons. The van der Waals surface area contributed by atoms with Crippen molar-refractivity contribution in [2.45, 2.75) is 58.0 Å². The minimum absolute atomic E-state index is 0.151. The molecule has 0 aromatic heterocycles. The van der Waals surface area contributed by atoms with Crippen LogP contribution in [0.5, 0.6) is 5.75 Å². The molecule has 0 fully saturated rings. The van der Waals surface area contributed by atoms with Crippen LogP contribution in [0.25, 0.3) is 0 Å². The summed E-state index contributed by atoms with van der Waals surface area (Å²) in [7, 11) is 0. The molecule has 2 aliphatic rings. The number of hydrogen-bond donors (Lipinski definition) is 1. The number of carbonyl (C=O) groups excluding carboxylic acids is 1. The van der Waals surface area contributed by atoms with Crippen LogP contribution in [0.1, 0.15) is 55.7 Å². The van der Waals surface area contributed by atoms with E-state index in [0.717, 1.165) is 25.1 Å². The molecule has 1 aromatic carbocycles. The summed E-state index contributed by atoms with van der Waals surface area (Å²) in [5.41, 5.74) is 4.45. The third-order valence-electron chi connectivity index (χ3n) is 4.53. The Bertz CT molecular complexity index is 524. The van der Waals surface area contributed by atoms with Crippen molar-refractivity contribution in [1.29, 1.82) is 0 Å². The summed E-state index contributed by atoms with van der Waals surface area (Å²) in [5.74, 6) is 1.82. The van der Waals surface area contributed by atoms with Crippen molar-refractivity contribution in [2.24, 2.45) is 0 Å². The summed E-state index contributed by atoms with van der Waals surface area (Å²) in [5, 5.41) is 3.00. The van der Waals surface area contributed by atoms with Crippen LogP contribution in [0.15, 0.2) is 12.1 Å². The maximum Gasteiger partial charge on any atom is 0.219 e. The Balaban J connectivity index is 1.73. The quantitative estimate of drug-likeness (QED) is 0.916. The predicted molar refractivity (Wildman–Crippen MR) is 79.2 cm³/mol. The Morgan fingerprint density at radius 1 is 1.45 bits per heavy atom. The maximum absolute atomic E-state index is 11.3. The van der Waals surface area contributed by atoms with E-state index < -0.39 is 0 Å². The molecule has 0 saturated carbocycles. The molecule has 1 aliphatic heterocycles. The van der Waals surface area contributed by atoms with Crippen molar-refractivity contribution < 1.29 is 9.53 Å². The smallest absolute Gasteiger partial charge is 0.219 e. The first kappa shape index (κ1) is 13.5. The van der Waals surface area contributed by atoms with E-state index in [-0.39, 0.29) is 5.91 Å². The first-order valence-corrected chi connectivity index (χ1v) is 7.77. The number of benzene rings is 1. The second-order valence-electron chi connectivity index (χ2n) is 5.98. The van der Waals surface area contributed by atoms with Crippen molar-refractivity contribution in [3.63, 3.8) is 0 Å². The minimum atomic E-state index is 0.151. The van der Waals surface area contributed by atoms with E-state index in [9.17, 15) is 4.79 Å². The molecule has 1 heterocycles. The fourth-order valence-corrected chi connectivity index (χ4v) is 3.56. The highest BCUT2D eigenvalue weighted by molar-refractivity contribution is 5.75. The summed E-state index contributed by atoms with van der Waals surface area (Å²) in [6, 6.07) is 4.37. The van der Waals surface area contributed by atoms with Crippen molar-refractivity contribution in [3.05, 3.63) is 28.8 Å². The lowest BCUT2D eigenvalue weighted by Crippen LogP contribution is -2.24. The van der Waals surface area contributed by atoms with E-state index in [2.05, 4.69) is 24.4 Å². The number of hydrogen-bond acceptors (Lipinski definition) is 2. The van der Waals surface area contributed by atoms with Gasteiger partial charge in [0.15, 0.2) is 0 Å². The summed E-state index contributed by atoms with van der Waals surface area (Å²) in [4.78, 5) is 11.3. The van der Waals surface area contributed by atoms with E-state index in [1.54, 1.807) is 0 Å². The lowest BCUT2D eigenvalue weighted by atomic mass is 9.91. The fraction of sp³-hybridized carbons (Fsp3) is 0.588. The Hall–Kier alpha value is -1.51. The van der Waals surface area contributed by atoms with E-state index in [1.807, 2.05) is 6.92 Å². The standard InChI is InChI=1S/C17H23NO2/c1-3-16(19)18-9-8-13-5-4-12-6-7-15-14(17(12)13)10-11(2)20-15/h6-7,11,13H,3-5,8-10H2,1-2H3,(H,18,19). The number of nitrogens with one attached hydrogen (secondary N) is 1. The molecule has 3 rings (SSSR count). The summed E-state index contributed by atoms with van der Waals surface area (Å²) in [6.45, 7) is 4.82. The molecule has 20 heavy (non-hydrogen) atoms. The topological polar surface area (TPSA) is 38.3 Å². The Labute approximate surface area is 120 Å². The number of ether oxygens (including phenoxy) is 1. The molecular formula is C17H23NO2. The van der Waals surface area contributed by atoms with Gasteiger partial charge >= 0.3 is 0 Å². The van der Waals surface area contributed by atoms with Crippen LogP contribution < -0.4 is 10.1 Å². The number of amides is 1. The third-order valence-corrected chi connectivity index (χ3v) is 4.53. The lowest BCUT2D eigenvalue weighted by molar-refractivity contribution is -0.120. The molecule has 1 amide bonds. The second kappa shape index (κ2) is 5.47. The van der Waals surface area contributed by atoms with Crippen LogP contribution >= 0.6 is 0 Å². The molecule has 3 nitrogen and oxygen atoms in total. The van der Waals surface area contributed by atoms with Crippen LogP contribution in [0.4, 0.5) is 0 Å². The van der Waals surface area contributed by atoms with Gasteiger partial charge in [-0.15, -0.1) is 0 Å². The number of fused-ring (bicyclic) bond motifs is 3. The normalized spacial score (nSPS) is 23.1. The van der Waals surface area contributed by atoms with E-state index in [4.69, 9.17) is 4.74 Å². The molecule has 1 N–H and O–H groups in total. The molecule has 0 radical (unpaired) electrons. The van der Waals surface area contributed by atoms with Gasteiger partial charge in [0.05, 0.1) is 0 Å². The average molecular weight is 273 g/mol. The Morgan fingerprint density at radius 2 is 2.30 bits per heavy atom. The number of rotatable bonds is 4. The zero-order valence-corrected chi connectivity index (χ0v) is 12.4. The van der Waals surface area contributed by atoms with Gasteiger partial charge in [0.2, 0.25) is 5.91 Å². The van der Waals surface area contributed by atoms with Crippen molar-refractivity contribution >= 4 is 5.91 Å². The van der Waals surface area contributed by atoms with Gasteiger partial charge in [-0.2, -0.15) is 0 Å². The van der Waals surface area contributed by atoms with Gasteiger partial charge in [-0.05, 0) is 49.3 Å². The van der Waals surface area contributed by atoms with Crippen LogP contribution in [0.2, 0.25) is 0 Å². The minimum Gasteiger partial charge on any atom is -0.490 e. The molecule has 2 unspecified atom stereocenters. The molecule has 0 bridgehead atoms. The zero-order valence-electron chi connectivity index (χ0n) is 12.4. The lowest BCUT2D eigenvalue weighted by Gasteiger charge is -2.15. The molecule has 0 spiro atoms. The van der Waals surface area contributed by atoms with Crippen LogP contribution in [0.3, 0.4) is 0 Å². The van der Waals surface area contributed by atoms with E-state index >= 15 is 0 Å². The Kier molecular flexibility index (Phi) is 3.68. The maximum atomic E-state index is 11.3. The summed E-state index contributed by atoms with van der Waals surface area (Å²) >= 11 is 0. The summed E-state index contributed by atoms with van der Waals surface area (Å²) < 4.78 is 5.87. The first-order chi connectivity index (χ1) is 9.69. The summed E-state index contributed by atoms with van der Waals surface area (Å²) in [6.07, 6.45) is 5.34. The predicted octanol–water partition coefficient (Wildman–Crippen LogP) is 2.96. The molecule has 2 atom stereocenters. The Morgan fingerprint density at radius 3 is 3.10 bits per heavy atom. The van der Waals surface area contributed by atoms with Crippen molar-refractivity contribution in [1.82, 2.24) is 5.32 Å². The van der Waals surface area contributed by atoms with E-state index in [1.165, 1.54) is 29.5 Å². The highest BCUT2D eigenvalue weighted by Crippen LogP contribution is 2.44. The van der Waals surface area contributed by atoms with Gasteiger partial charge in [0, 0.05) is 24.9 Å². The third kappa shape index (κ3) is 2.41. The SMILES string of the molecule is CCC(=O)NCCC1CCc2ccc3c(c21)CC(C)O3. The number of aryl methyl sites for hydroxylation is 1. The van der Waals surface area contributed by atoms with Gasteiger partial charge in [0.1, 0.15) is 11.9 Å². The molecule has 0 saturated heterocycles. The molecule has 1 aliphatic carbocycles. The average Bonchev–Trinajstić information content (AvgIpc) is 3.00. The van der Waals surface area contributed by atoms with Gasteiger partial charge in [-0.25, -0.2) is 0 Å².